The van der Waals surface area contributed by atoms with E-state index in [0.717, 1.165) is 31.5 Å². The first-order valence-electron chi connectivity index (χ1n) is 11.5. The summed E-state index contributed by atoms with van der Waals surface area (Å²) in [6.45, 7) is 1.68. The van der Waals surface area contributed by atoms with Gasteiger partial charge in [-0.15, -0.1) is 10.2 Å². The van der Waals surface area contributed by atoms with Crippen molar-refractivity contribution in [1.82, 2.24) is 15.5 Å². The molecule has 2 fully saturated rings. The van der Waals surface area contributed by atoms with E-state index in [4.69, 9.17) is 11.1 Å². The summed E-state index contributed by atoms with van der Waals surface area (Å²) in [5.74, 6) is -0.702. The lowest BCUT2D eigenvalue weighted by Crippen LogP contribution is -2.40. The normalized spacial score (nSPS) is 20.8. The minimum atomic E-state index is -0.758. The van der Waals surface area contributed by atoms with E-state index >= 15 is 0 Å². The van der Waals surface area contributed by atoms with Gasteiger partial charge in [-0.2, -0.15) is 0 Å². The van der Waals surface area contributed by atoms with E-state index in [1.54, 1.807) is 18.2 Å². The number of aromatic nitrogens is 2. The first kappa shape index (κ1) is 22.7. The number of hydrogen-bond donors (Lipinski definition) is 4. The minimum Gasteiger partial charge on any atom is -0.481 e. The first-order valence-corrected chi connectivity index (χ1v) is 11.5. The maximum atomic E-state index is 13.4. The Morgan fingerprint density at radius 3 is 2.30 bits per heavy atom. The highest BCUT2D eigenvalue weighted by Crippen LogP contribution is 2.28. The Kier molecular flexibility index (Phi) is 6.86. The van der Waals surface area contributed by atoms with Gasteiger partial charge >= 0.3 is 5.97 Å². The number of amidine groups is 1. The van der Waals surface area contributed by atoms with Crippen molar-refractivity contribution in [2.75, 3.05) is 18.0 Å². The van der Waals surface area contributed by atoms with E-state index in [1.807, 2.05) is 12.1 Å². The molecule has 0 atom stereocenters. The quantitative estimate of drug-likeness (QED) is 0.391. The van der Waals surface area contributed by atoms with E-state index in [9.17, 15) is 14.7 Å². The molecule has 0 spiro atoms. The molecule has 0 radical (unpaired) electrons. The largest absolute Gasteiger partial charge is 0.481 e. The highest BCUT2D eigenvalue weighted by molar-refractivity contribution is 6.00. The van der Waals surface area contributed by atoms with Gasteiger partial charge in [0.1, 0.15) is 5.84 Å². The van der Waals surface area contributed by atoms with Crippen LogP contribution in [-0.4, -0.2) is 52.1 Å². The smallest absolute Gasteiger partial charge is 0.306 e. The molecule has 1 saturated carbocycles. The number of rotatable bonds is 6. The topological polar surface area (TPSA) is 145 Å². The van der Waals surface area contributed by atoms with Gasteiger partial charge in [-0.1, -0.05) is 24.3 Å². The molecule has 4 rings (SSSR count). The Morgan fingerprint density at radius 1 is 1.03 bits per heavy atom. The number of carboxylic acids is 1. The second-order valence-electron chi connectivity index (χ2n) is 8.87. The van der Waals surface area contributed by atoms with Gasteiger partial charge in [-0.3, -0.25) is 15.0 Å². The number of nitrogen functional groups attached to an aromatic ring is 1. The van der Waals surface area contributed by atoms with E-state index < -0.39 is 5.97 Å². The van der Waals surface area contributed by atoms with Gasteiger partial charge in [-0.25, -0.2) is 0 Å². The van der Waals surface area contributed by atoms with E-state index in [0.29, 0.717) is 48.3 Å². The Balaban J connectivity index is 1.59. The number of piperidine rings is 1. The van der Waals surface area contributed by atoms with E-state index in [2.05, 4.69) is 20.4 Å². The lowest BCUT2D eigenvalue weighted by molar-refractivity contribution is -0.142. The van der Waals surface area contributed by atoms with Gasteiger partial charge in [0, 0.05) is 30.3 Å². The van der Waals surface area contributed by atoms with Gasteiger partial charge in [0.25, 0.3) is 5.91 Å². The summed E-state index contributed by atoms with van der Waals surface area (Å²) in [7, 11) is 0. The Labute approximate surface area is 192 Å². The number of carbonyl (C=O) groups is 2. The number of nitrogens with one attached hydrogen (secondary N) is 2. The van der Waals surface area contributed by atoms with Gasteiger partial charge < -0.3 is 21.1 Å². The number of nitrogens with two attached hydrogens (primary N) is 1. The van der Waals surface area contributed by atoms with Crippen molar-refractivity contribution >= 4 is 23.5 Å². The van der Waals surface area contributed by atoms with Crippen LogP contribution in [-0.2, 0) is 4.79 Å². The van der Waals surface area contributed by atoms with Gasteiger partial charge in [0.05, 0.1) is 17.2 Å². The van der Waals surface area contributed by atoms with Crippen LogP contribution >= 0.6 is 0 Å². The minimum absolute atomic E-state index is 0.00855. The van der Waals surface area contributed by atoms with E-state index in [1.165, 1.54) is 6.42 Å². The summed E-state index contributed by atoms with van der Waals surface area (Å²) in [5, 5.41) is 28.7. The maximum Gasteiger partial charge on any atom is 0.306 e. The zero-order valence-electron chi connectivity index (χ0n) is 18.6. The number of amides is 1. The van der Waals surface area contributed by atoms with Crippen LogP contribution in [0, 0.1) is 11.3 Å². The lowest BCUT2D eigenvalue weighted by Gasteiger charge is -2.30. The number of carboxylic acid groups (broad SMARTS) is 1. The second kappa shape index (κ2) is 9.97. The molecule has 1 aliphatic carbocycles. The van der Waals surface area contributed by atoms with Gasteiger partial charge in [0.2, 0.25) is 0 Å². The summed E-state index contributed by atoms with van der Waals surface area (Å²) in [6, 6.07) is 8.86. The predicted molar refractivity (Wildman–Crippen MR) is 125 cm³/mol. The van der Waals surface area contributed by atoms with Crippen LogP contribution in [0.5, 0.6) is 0 Å². The number of carbonyl (C=O) groups excluding carboxylic acids is 1. The SMILES string of the molecule is N=C(N)c1ccc(-c2cc(C(=O)NC3CCC(C(=O)O)CC3)c(N3CCCCC3)nn2)cc1. The van der Waals surface area contributed by atoms with Crippen LogP contribution in [0.15, 0.2) is 30.3 Å². The summed E-state index contributed by atoms with van der Waals surface area (Å²) >= 11 is 0. The molecular formula is C24H30N6O3. The first-order chi connectivity index (χ1) is 15.9. The molecule has 2 heterocycles. The molecular weight excluding hydrogens is 420 g/mol. The van der Waals surface area contributed by atoms with Gasteiger partial charge in [-0.05, 0) is 51.0 Å². The average molecular weight is 451 g/mol. The van der Waals surface area contributed by atoms with Crippen molar-refractivity contribution in [3.05, 3.63) is 41.5 Å². The Hall–Kier alpha value is -3.49. The molecule has 2 aliphatic rings. The predicted octanol–water partition coefficient (Wildman–Crippen LogP) is 2.79. The Bertz CT molecular complexity index is 1020. The third-order valence-corrected chi connectivity index (χ3v) is 6.58. The molecule has 1 amide bonds. The Morgan fingerprint density at radius 2 is 1.70 bits per heavy atom. The van der Waals surface area contributed by atoms with Gasteiger partial charge in [0.15, 0.2) is 5.82 Å². The fraction of sp³-hybridized carbons (Fsp3) is 0.458. The fourth-order valence-electron chi connectivity index (χ4n) is 4.60. The zero-order chi connectivity index (χ0) is 23.4. The molecule has 1 aromatic heterocycles. The molecule has 174 valence electrons. The monoisotopic (exact) mass is 450 g/mol. The standard InChI is InChI=1S/C24H30N6O3/c25-21(26)16-6-4-15(5-7-16)20-14-19(22(29-28-20)30-12-2-1-3-13-30)23(31)27-18-10-8-17(9-11-18)24(32)33/h4-7,14,17-18H,1-3,8-13H2,(H3,25,26)(H,27,31)(H,32,33). The molecule has 5 N–H and O–H groups in total. The van der Waals surface area contributed by atoms with Crippen molar-refractivity contribution in [3.8, 4) is 11.3 Å². The molecule has 9 heteroatoms. The summed E-state index contributed by atoms with van der Waals surface area (Å²) in [4.78, 5) is 26.7. The molecule has 1 aliphatic heterocycles. The highest BCUT2D eigenvalue weighted by Gasteiger charge is 2.28. The summed E-state index contributed by atoms with van der Waals surface area (Å²) in [6.07, 6.45) is 5.72. The number of benzene rings is 1. The lowest BCUT2D eigenvalue weighted by atomic mass is 9.86. The summed E-state index contributed by atoms with van der Waals surface area (Å²) < 4.78 is 0. The molecule has 0 unspecified atom stereocenters. The third-order valence-electron chi connectivity index (χ3n) is 6.58. The summed E-state index contributed by atoms with van der Waals surface area (Å²) in [5.41, 5.74) is 8.01. The van der Waals surface area contributed by atoms with Crippen molar-refractivity contribution in [1.29, 1.82) is 5.41 Å². The maximum absolute atomic E-state index is 13.4. The van der Waals surface area contributed by atoms with Crippen molar-refractivity contribution in [2.24, 2.45) is 11.7 Å². The average Bonchev–Trinajstić information content (AvgIpc) is 2.84. The second-order valence-corrected chi connectivity index (χ2v) is 8.87. The molecule has 9 nitrogen and oxygen atoms in total. The van der Waals surface area contributed by atoms with Crippen molar-refractivity contribution in [2.45, 2.75) is 51.0 Å². The van der Waals surface area contributed by atoms with Crippen LogP contribution in [0.2, 0.25) is 0 Å². The van der Waals surface area contributed by atoms with Crippen LogP contribution in [0.4, 0.5) is 5.82 Å². The van der Waals surface area contributed by atoms with Crippen LogP contribution in [0.1, 0.15) is 60.9 Å². The fourth-order valence-corrected chi connectivity index (χ4v) is 4.60. The molecule has 2 aromatic rings. The zero-order valence-corrected chi connectivity index (χ0v) is 18.6. The highest BCUT2D eigenvalue weighted by atomic mass is 16.4. The number of anilines is 1. The van der Waals surface area contributed by atoms with Crippen molar-refractivity contribution < 1.29 is 14.7 Å². The van der Waals surface area contributed by atoms with Crippen LogP contribution < -0.4 is 16.0 Å². The number of aliphatic carboxylic acids is 1. The van der Waals surface area contributed by atoms with Crippen molar-refractivity contribution in [3.63, 3.8) is 0 Å². The number of nitrogens with zero attached hydrogens (tertiary/aromatic N) is 3. The molecule has 33 heavy (non-hydrogen) atoms. The molecule has 0 bridgehead atoms. The molecule has 1 aromatic carbocycles. The third kappa shape index (κ3) is 5.30. The van der Waals surface area contributed by atoms with E-state index in [-0.39, 0.29) is 23.7 Å². The number of hydrogen-bond acceptors (Lipinski definition) is 6. The van der Waals surface area contributed by atoms with Crippen LogP contribution in [0.25, 0.3) is 11.3 Å². The van der Waals surface area contributed by atoms with Crippen LogP contribution in [0.3, 0.4) is 0 Å². The molecule has 1 saturated heterocycles.